The molecule has 0 fully saturated rings. The standard InChI is InChI=1S/C15H20N2S/c1-12-6-7-16-9-13(12)10-17-11-15(2,3)14-5-4-8-18-14/h4-9,17H,10-11H2,1-3H3. The Balaban J connectivity index is 1.91. The summed E-state index contributed by atoms with van der Waals surface area (Å²) in [7, 11) is 0. The Morgan fingerprint density at radius 2 is 2.17 bits per heavy atom. The highest BCUT2D eigenvalue weighted by Crippen LogP contribution is 2.26. The monoisotopic (exact) mass is 260 g/mol. The van der Waals surface area contributed by atoms with Crippen LogP contribution in [0.15, 0.2) is 36.0 Å². The molecule has 2 aromatic rings. The van der Waals surface area contributed by atoms with Crippen molar-refractivity contribution in [3.05, 3.63) is 52.0 Å². The number of nitrogens with zero attached hydrogens (tertiary/aromatic N) is 1. The van der Waals surface area contributed by atoms with Crippen LogP contribution >= 0.6 is 11.3 Å². The summed E-state index contributed by atoms with van der Waals surface area (Å²) in [6.07, 6.45) is 3.79. The summed E-state index contributed by atoms with van der Waals surface area (Å²) in [4.78, 5) is 5.60. The van der Waals surface area contributed by atoms with Crippen molar-refractivity contribution in [3.8, 4) is 0 Å². The average Bonchev–Trinajstić information content (AvgIpc) is 2.86. The lowest BCUT2D eigenvalue weighted by atomic mass is 9.91. The van der Waals surface area contributed by atoms with Crippen LogP contribution in [0.5, 0.6) is 0 Å². The molecule has 2 rings (SSSR count). The van der Waals surface area contributed by atoms with E-state index in [0.29, 0.717) is 0 Å². The van der Waals surface area contributed by atoms with Crippen LogP contribution in [0, 0.1) is 6.92 Å². The third kappa shape index (κ3) is 3.18. The third-order valence-corrected chi connectivity index (χ3v) is 4.45. The van der Waals surface area contributed by atoms with Crippen molar-refractivity contribution >= 4 is 11.3 Å². The first-order valence-electron chi connectivity index (χ1n) is 6.24. The van der Waals surface area contributed by atoms with Crippen molar-refractivity contribution in [3.63, 3.8) is 0 Å². The predicted molar refractivity (Wildman–Crippen MR) is 78.0 cm³/mol. The molecule has 3 heteroatoms. The van der Waals surface area contributed by atoms with E-state index in [-0.39, 0.29) is 5.41 Å². The van der Waals surface area contributed by atoms with Gasteiger partial charge in [-0.3, -0.25) is 4.98 Å². The van der Waals surface area contributed by atoms with Crippen molar-refractivity contribution in [1.82, 2.24) is 10.3 Å². The zero-order valence-corrected chi connectivity index (χ0v) is 12.1. The Morgan fingerprint density at radius 1 is 1.33 bits per heavy atom. The Hall–Kier alpha value is -1.19. The van der Waals surface area contributed by atoms with Crippen LogP contribution in [0.2, 0.25) is 0 Å². The number of hydrogen-bond donors (Lipinski definition) is 1. The average molecular weight is 260 g/mol. The molecule has 2 heterocycles. The summed E-state index contributed by atoms with van der Waals surface area (Å²) in [6, 6.07) is 6.39. The first kappa shape index (κ1) is 13.2. The highest BCUT2D eigenvalue weighted by Gasteiger charge is 2.20. The van der Waals surface area contributed by atoms with Gasteiger partial charge in [-0.25, -0.2) is 0 Å². The molecule has 0 spiro atoms. The number of aryl methyl sites for hydroxylation is 1. The maximum atomic E-state index is 4.17. The Labute approximate surface area is 113 Å². The second-order valence-corrected chi connectivity index (χ2v) is 6.21. The lowest BCUT2D eigenvalue weighted by Gasteiger charge is -2.24. The van der Waals surface area contributed by atoms with E-state index in [9.17, 15) is 0 Å². The van der Waals surface area contributed by atoms with E-state index in [2.05, 4.69) is 54.7 Å². The van der Waals surface area contributed by atoms with Crippen LogP contribution in [-0.4, -0.2) is 11.5 Å². The maximum Gasteiger partial charge on any atom is 0.0315 e. The molecule has 0 saturated carbocycles. The van der Waals surface area contributed by atoms with Gasteiger partial charge < -0.3 is 5.32 Å². The van der Waals surface area contributed by atoms with E-state index in [1.165, 1.54) is 16.0 Å². The van der Waals surface area contributed by atoms with Gasteiger partial charge in [0.1, 0.15) is 0 Å². The van der Waals surface area contributed by atoms with E-state index in [4.69, 9.17) is 0 Å². The third-order valence-electron chi connectivity index (χ3n) is 3.22. The largest absolute Gasteiger partial charge is 0.312 e. The number of pyridine rings is 1. The Bertz CT molecular complexity index is 489. The summed E-state index contributed by atoms with van der Waals surface area (Å²) in [5.74, 6) is 0. The van der Waals surface area contributed by atoms with E-state index in [0.717, 1.165) is 13.1 Å². The number of aromatic nitrogens is 1. The summed E-state index contributed by atoms with van der Waals surface area (Å²) >= 11 is 1.83. The second-order valence-electron chi connectivity index (χ2n) is 5.27. The fraction of sp³-hybridized carbons (Fsp3) is 0.400. The highest BCUT2D eigenvalue weighted by molar-refractivity contribution is 7.10. The fourth-order valence-electron chi connectivity index (χ4n) is 1.94. The molecule has 0 aliphatic carbocycles. The molecule has 18 heavy (non-hydrogen) atoms. The lowest BCUT2D eigenvalue weighted by Crippen LogP contribution is -2.32. The van der Waals surface area contributed by atoms with Gasteiger partial charge in [-0.2, -0.15) is 0 Å². The predicted octanol–water partition coefficient (Wildman–Crippen LogP) is 3.52. The van der Waals surface area contributed by atoms with Crippen LogP contribution in [0.4, 0.5) is 0 Å². The zero-order chi connectivity index (χ0) is 13.0. The molecular weight excluding hydrogens is 240 g/mol. The molecule has 0 unspecified atom stereocenters. The minimum atomic E-state index is 0.185. The van der Waals surface area contributed by atoms with Crippen LogP contribution in [0.25, 0.3) is 0 Å². The van der Waals surface area contributed by atoms with Gasteiger partial charge in [0.25, 0.3) is 0 Å². The van der Waals surface area contributed by atoms with Gasteiger partial charge in [0, 0.05) is 35.8 Å². The van der Waals surface area contributed by atoms with Crippen molar-refractivity contribution in [2.24, 2.45) is 0 Å². The van der Waals surface area contributed by atoms with Crippen LogP contribution in [0.3, 0.4) is 0 Å². The van der Waals surface area contributed by atoms with E-state index in [1.807, 2.05) is 23.7 Å². The van der Waals surface area contributed by atoms with Crippen molar-refractivity contribution in [2.75, 3.05) is 6.54 Å². The molecule has 0 saturated heterocycles. The van der Waals surface area contributed by atoms with Gasteiger partial charge in [0.15, 0.2) is 0 Å². The van der Waals surface area contributed by atoms with Gasteiger partial charge in [-0.1, -0.05) is 19.9 Å². The molecule has 1 N–H and O–H groups in total. The first-order chi connectivity index (χ1) is 8.59. The molecule has 0 aromatic carbocycles. The molecule has 0 atom stereocenters. The lowest BCUT2D eigenvalue weighted by molar-refractivity contribution is 0.476. The number of hydrogen-bond acceptors (Lipinski definition) is 3. The summed E-state index contributed by atoms with van der Waals surface area (Å²) in [5.41, 5.74) is 2.76. The van der Waals surface area contributed by atoms with E-state index >= 15 is 0 Å². The zero-order valence-electron chi connectivity index (χ0n) is 11.2. The number of rotatable bonds is 5. The first-order valence-corrected chi connectivity index (χ1v) is 7.12. The topological polar surface area (TPSA) is 24.9 Å². The molecule has 0 aliphatic heterocycles. The van der Waals surface area contributed by atoms with Crippen molar-refractivity contribution in [2.45, 2.75) is 32.7 Å². The van der Waals surface area contributed by atoms with Crippen molar-refractivity contribution in [1.29, 1.82) is 0 Å². The summed E-state index contributed by atoms with van der Waals surface area (Å²) < 4.78 is 0. The minimum Gasteiger partial charge on any atom is -0.312 e. The molecule has 0 bridgehead atoms. The minimum absolute atomic E-state index is 0.185. The Morgan fingerprint density at radius 3 is 2.83 bits per heavy atom. The smallest absolute Gasteiger partial charge is 0.0315 e. The second kappa shape index (κ2) is 5.63. The Kier molecular flexibility index (Phi) is 4.15. The van der Waals surface area contributed by atoms with E-state index in [1.54, 1.807) is 0 Å². The van der Waals surface area contributed by atoms with Gasteiger partial charge >= 0.3 is 0 Å². The summed E-state index contributed by atoms with van der Waals surface area (Å²) in [6.45, 7) is 8.54. The number of thiophene rings is 1. The molecule has 0 amide bonds. The molecule has 96 valence electrons. The van der Waals surface area contributed by atoms with Crippen LogP contribution < -0.4 is 5.32 Å². The highest BCUT2D eigenvalue weighted by atomic mass is 32.1. The van der Waals surface area contributed by atoms with Gasteiger partial charge in [0.2, 0.25) is 0 Å². The maximum absolute atomic E-state index is 4.17. The van der Waals surface area contributed by atoms with Crippen LogP contribution in [0.1, 0.15) is 29.9 Å². The quantitative estimate of drug-likeness (QED) is 0.889. The SMILES string of the molecule is Cc1ccncc1CNCC(C)(C)c1cccs1. The van der Waals surface area contributed by atoms with Crippen LogP contribution in [-0.2, 0) is 12.0 Å². The molecule has 2 nitrogen and oxygen atoms in total. The molecular formula is C15H20N2S. The number of nitrogens with one attached hydrogen (secondary N) is 1. The van der Waals surface area contributed by atoms with Gasteiger partial charge in [0.05, 0.1) is 0 Å². The summed E-state index contributed by atoms with van der Waals surface area (Å²) in [5, 5.41) is 5.68. The molecule has 2 aromatic heterocycles. The van der Waals surface area contributed by atoms with Crippen molar-refractivity contribution < 1.29 is 0 Å². The van der Waals surface area contributed by atoms with Gasteiger partial charge in [-0.05, 0) is 35.6 Å². The molecule has 0 aliphatic rings. The fourth-order valence-corrected chi connectivity index (χ4v) is 2.79. The normalized spacial score (nSPS) is 11.7. The van der Waals surface area contributed by atoms with Gasteiger partial charge in [-0.15, -0.1) is 11.3 Å². The molecule has 0 radical (unpaired) electrons. The van der Waals surface area contributed by atoms with E-state index < -0.39 is 0 Å².